The second-order valence-corrected chi connectivity index (χ2v) is 5.92. The van der Waals surface area contributed by atoms with Gasteiger partial charge in [0.15, 0.2) is 5.78 Å². The molecule has 0 atom stereocenters. The largest absolute Gasteiger partial charge is 0.373 e. The van der Waals surface area contributed by atoms with Crippen molar-refractivity contribution in [3.05, 3.63) is 34.7 Å². The lowest BCUT2D eigenvalue weighted by atomic mass is 10.1. The van der Waals surface area contributed by atoms with Crippen LogP contribution in [0.5, 0.6) is 0 Å². The Morgan fingerprint density at radius 1 is 1.28 bits per heavy atom. The van der Waals surface area contributed by atoms with Crippen molar-refractivity contribution < 1.29 is 4.79 Å². The first kappa shape index (κ1) is 11.9. The van der Waals surface area contributed by atoms with Crippen LogP contribution in [0, 0.1) is 0 Å². The van der Waals surface area contributed by atoms with Gasteiger partial charge in [0.25, 0.3) is 0 Å². The second kappa shape index (κ2) is 5.24. The third kappa shape index (κ3) is 2.49. The molecule has 18 heavy (non-hydrogen) atoms. The molecule has 4 rings (SSSR count). The van der Waals surface area contributed by atoms with Gasteiger partial charge in [0, 0.05) is 44.5 Å². The van der Waals surface area contributed by atoms with Gasteiger partial charge in [-0.2, -0.15) is 0 Å². The molecule has 3 nitrogen and oxygen atoms in total. The standard InChI is InChI=1S/C14H18N2OS/c17-13(14-2-1-11-18-14)5-8-16-10-9-15-6-3-12(16)4-7-15/h1-2,5,8,11-12H,3-4,6-7,9-10H2/b8-5+. The Morgan fingerprint density at radius 2 is 2.11 bits per heavy atom. The second-order valence-electron chi connectivity index (χ2n) is 4.97. The van der Waals surface area contributed by atoms with Gasteiger partial charge >= 0.3 is 0 Å². The van der Waals surface area contributed by atoms with Crippen LogP contribution in [-0.4, -0.2) is 47.8 Å². The molecule has 0 aliphatic carbocycles. The fourth-order valence-electron chi connectivity index (χ4n) is 2.77. The van der Waals surface area contributed by atoms with Crippen LogP contribution in [0.1, 0.15) is 22.5 Å². The number of carbonyl (C=O) groups is 1. The van der Waals surface area contributed by atoms with Crippen LogP contribution in [0.15, 0.2) is 29.8 Å². The predicted molar refractivity (Wildman–Crippen MR) is 74.0 cm³/mol. The van der Waals surface area contributed by atoms with Gasteiger partial charge in [0.05, 0.1) is 4.88 Å². The van der Waals surface area contributed by atoms with Crippen LogP contribution >= 0.6 is 11.3 Å². The van der Waals surface area contributed by atoms with Crippen LogP contribution < -0.4 is 0 Å². The molecule has 4 heterocycles. The number of allylic oxidation sites excluding steroid dienone is 1. The van der Waals surface area contributed by atoms with E-state index in [0.717, 1.165) is 18.0 Å². The maximum absolute atomic E-state index is 11.9. The highest BCUT2D eigenvalue weighted by Gasteiger charge is 2.26. The zero-order chi connectivity index (χ0) is 12.4. The van der Waals surface area contributed by atoms with E-state index in [1.54, 1.807) is 6.08 Å². The topological polar surface area (TPSA) is 23.6 Å². The van der Waals surface area contributed by atoms with Crippen LogP contribution in [0.25, 0.3) is 0 Å². The Hall–Kier alpha value is -1.13. The van der Waals surface area contributed by atoms with Gasteiger partial charge in [0.2, 0.25) is 0 Å². The van der Waals surface area contributed by atoms with Gasteiger partial charge in [-0.25, -0.2) is 0 Å². The van der Waals surface area contributed by atoms with E-state index < -0.39 is 0 Å². The first-order chi connectivity index (χ1) is 8.83. The molecule has 0 saturated carbocycles. The summed E-state index contributed by atoms with van der Waals surface area (Å²) in [5.74, 6) is 0.129. The van der Waals surface area contributed by atoms with Gasteiger partial charge in [-0.3, -0.25) is 4.79 Å². The summed E-state index contributed by atoms with van der Waals surface area (Å²) in [6.45, 7) is 4.62. The molecule has 0 aromatic carbocycles. The highest BCUT2D eigenvalue weighted by molar-refractivity contribution is 7.12. The van der Waals surface area contributed by atoms with Crippen LogP contribution in [-0.2, 0) is 0 Å². The van der Waals surface area contributed by atoms with E-state index in [9.17, 15) is 4.79 Å². The predicted octanol–water partition coefficient (Wildman–Crippen LogP) is 2.22. The average Bonchev–Trinajstić information content (AvgIpc) is 2.80. The minimum atomic E-state index is 0.129. The quantitative estimate of drug-likeness (QED) is 0.616. The zero-order valence-electron chi connectivity index (χ0n) is 10.4. The van der Waals surface area contributed by atoms with Gasteiger partial charge in [0.1, 0.15) is 0 Å². The number of rotatable bonds is 3. The molecule has 2 bridgehead atoms. The van der Waals surface area contributed by atoms with E-state index in [4.69, 9.17) is 0 Å². The Morgan fingerprint density at radius 3 is 2.83 bits per heavy atom. The lowest BCUT2D eigenvalue weighted by molar-refractivity contribution is 0.104. The summed E-state index contributed by atoms with van der Waals surface area (Å²) in [6, 6.07) is 4.44. The normalized spacial score (nSPS) is 27.7. The number of hydrogen-bond donors (Lipinski definition) is 0. The van der Waals surface area contributed by atoms with Crippen molar-refractivity contribution >= 4 is 17.1 Å². The molecule has 3 saturated heterocycles. The summed E-state index contributed by atoms with van der Waals surface area (Å²) >= 11 is 1.51. The van der Waals surface area contributed by atoms with Gasteiger partial charge in [-0.1, -0.05) is 6.07 Å². The Bertz CT molecular complexity index is 433. The minimum absolute atomic E-state index is 0.129. The Labute approximate surface area is 112 Å². The molecule has 96 valence electrons. The molecule has 0 spiro atoms. The summed E-state index contributed by atoms with van der Waals surface area (Å²) < 4.78 is 0. The number of hydrogen-bond acceptors (Lipinski definition) is 4. The number of nitrogens with zero attached hydrogens (tertiary/aromatic N) is 2. The molecule has 1 aromatic rings. The molecule has 1 aromatic heterocycles. The number of thiophene rings is 1. The third-order valence-corrected chi connectivity index (χ3v) is 4.77. The molecular formula is C14H18N2OS. The number of fused-ring (bicyclic) bond motifs is 4. The van der Waals surface area contributed by atoms with E-state index in [2.05, 4.69) is 9.80 Å². The SMILES string of the molecule is O=C(/C=C/N1CCN2CCC1CC2)c1cccs1. The van der Waals surface area contributed by atoms with Crippen molar-refractivity contribution in [2.24, 2.45) is 0 Å². The van der Waals surface area contributed by atoms with Crippen molar-refractivity contribution in [2.75, 3.05) is 26.2 Å². The van der Waals surface area contributed by atoms with E-state index in [1.807, 2.05) is 23.7 Å². The first-order valence-electron chi connectivity index (χ1n) is 6.57. The smallest absolute Gasteiger partial charge is 0.197 e. The first-order valence-corrected chi connectivity index (χ1v) is 7.45. The van der Waals surface area contributed by atoms with E-state index in [-0.39, 0.29) is 5.78 Å². The maximum Gasteiger partial charge on any atom is 0.197 e. The zero-order valence-corrected chi connectivity index (χ0v) is 11.2. The number of ketones is 1. The monoisotopic (exact) mass is 262 g/mol. The lowest BCUT2D eigenvalue weighted by Gasteiger charge is -2.30. The van der Waals surface area contributed by atoms with E-state index in [1.165, 1.54) is 37.3 Å². The molecule has 3 aliphatic heterocycles. The molecule has 0 radical (unpaired) electrons. The third-order valence-electron chi connectivity index (χ3n) is 3.88. The number of carbonyl (C=O) groups excluding carboxylic acids is 1. The van der Waals surface area contributed by atoms with Crippen molar-refractivity contribution in [1.82, 2.24) is 9.80 Å². The van der Waals surface area contributed by atoms with Gasteiger partial charge in [-0.15, -0.1) is 11.3 Å². The summed E-state index contributed by atoms with van der Waals surface area (Å²) in [5, 5.41) is 1.95. The highest BCUT2D eigenvalue weighted by atomic mass is 32.1. The fraction of sp³-hybridized carbons (Fsp3) is 0.500. The lowest BCUT2D eigenvalue weighted by Crippen LogP contribution is -2.35. The Balaban J connectivity index is 1.66. The summed E-state index contributed by atoms with van der Waals surface area (Å²) in [6.07, 6.45) is 6.22. The van der Waals surface area contributed by atoms with Crippen LogP contribution in [0.4, 0.5) is 0 Å². The van der Waals surface area contributed by atoms with Crippen molar-refractivity contribution in [3.8, 4) is 0 Å². The molecule has 0 unspecified atom stereocenters. The van der Waals surface area contributed by atoms with E-state index >= 15 is 0 Å². The minimum Gasteiger partial charge on any atom is -0.373 e. The van der Waals surface area contributed by atoms with Crippen LogP contribution in [0.3, 0.4) is 0 Å². The van der Waals surface area contributed by atoms with Crippen LogP contribution in [0.2, 0.25) is 0 Å². The Kier molecular flexibility index (Phi) is 3.48. The van der Waals surface area contributed by atoms with Gasteiger partial charge < -0.3 is 9.80 Å². The fourth-order valence-corrected chi connectivity index (χ4v) is 3.42. The van der Waals surface area contributed by atoms with E-state index in [0.29, 0.717) is 6.04 Å². The summed E-state index contributed by atoms with van der Waals surface area (Å²) in [5.41, 5.74) is 0. The maximum atomic E-state index is 11.9. The molecular weight excluding hydrogens is 244 g/mol. The summed E-state index contributed by atoms with van der Waals surface area (Å²) in [7, 11) is 0. The molecule has 0 N–H and O–H groups in total. The average molecular weight is 262 g/mol. The molecule has 3 aliphatic rings. The molecule has 3 fully saturated rings. The van der Waals surface area contributed by atoms with Gasteiger partial charge in [-0.05, 0) is 24.3 Å². The number of piperidine rings is 1. The van der Waals surface area contributed by atoms with Crippen molar-refractivity contribution in [3.63, 3.8) is 0 Å². The molecule has 4 heteroatoms. The highest BCUT2D eigenvalue weighted by Crippen LogP contribution is 2.21. The summed E-state index contributed by atoms with van der Waals surface area (Å²) in [4.78, 5) is 17.6. The van der Waals surface area contributed by atoms with Crippen molar-refractivity contribution in [1.29, 1.82) is 0 Å². The van der Waals surface area contributed by atoms with Crippen molar-refractivity contribution in [2.45, 2.75) is 18.9 Å². The molecule has 0 amide bonds.